The van der Waals surface area contributed by atoms with Gasteiger partial charge >= 0.3 is 6.09 Å². The lowest BCUT2D eigenvalue weighted by Gasteiger charge is -2.31. The van der Waals surface area contributed by atoms with Gasteiger partial charge < -0.3 is 4.74 Å². The van der Waals surface area contributed by atoms with Crippen molar-refractivity contribution < 1.29 is 13.9 Å². The van der Waals surface area contributed by atoms with E-state index in [1.54, 1.807) is 23.1 Å². The summed E-state index contributed by atoms with van der Waals surface area (Å²) in [5.41, 5.74) is 0.380. The number of amides is 1. The Morgan fingerprint density at radius 3 is 2.48 bits per heavy atom. The Morgan fingerprint density at radius 2 is 1.95 bits per heavy atom. The van der Waals surface area contributed by atoms with Gasteiger partial charge in [0.15, 0.2) is 0 Å². The summed E-state index contributed by atoms with van der Waals surface area (Å²) in [6.45, 7) is 9.34. The highest BCUT2D eigenvalue weighted by molar-refractivity contribution is 5.70. The van der Waals surface area contributed by atoms with Crippen LogP contribution in [0.2, 0.25) is 0 Å². The summed E-state index contributed by atoms with van der Waals surface area (Å²) in [6.07, 6.45) is 3.08. The van der Waals surface area contributed by atoms with Crippen LogP contribution in [0.5, 0.6) is 0 Å². The summed E-state index contributed by atoms with van der Waals surface area (Å²) in [5, 5.41) is 0. The molecule has 0 aromatic heterocycles. The molecule has 0 N–H and O–H groups in total. The fraction of sp³-hybridized carbons (Fsp3) is 0.471. The summed E-state index contributed by atoms with van der Waals surface area (Å²) < 4.78 is 18.6. The standard InChI is InChI=1S/C17H22FNO2/c1-5-14-10-11-15(12-6-8-13(18)9-7-12)19(14)16(20)21-17(2,3)4/h5-9,14-15H,1,10-11H2,2-4H3/t14-,15+/m1/s1. The molecule has 1 aromatic carbocycles. The molecule has 1 aliphatic rings. The third kappa shape index (κ3) is 3.63. The van der Waals surface area contributed by atoms with Crippen molar-refractivity contribution in [3.63, 3.8) is 0 Å². The molecule has 114 valence electrons. The van der Waals surface area contributed by atoms with E-state index in [9.17, 15) is 9.18 Å². The Morgan fingerprint density at radius 1 is 1.33 bits per heavy atom. The molecule has 21 heavy (non-hydrogen) atoms. The molecular formula is C17H22FNO2. The van der Waals surface area contributed by atoms with Gasteiger partial charge in [-0.2, -0.15) is 0 Å². The van der Waals surface area contributed by atoms with Gasteiger partial charge in [-0.05, 0) is 51.3 Å². The number of halogens is 1. The smallest absolute Gasteiger partial charge is 0.411 e. The molecule has 0 bridgehead atoms. The first-order chi connectivity index (χ1) is 9.81. The Hall–Kier alpha value is -1.84. The molecule has 1 aliphatic heterocycles. The van der Waals surface area contributed by atoms with E-state index in [1.165, 1.54) is 12.1 Å². The van der Waals surface area contributed by atoms with Crippen LogP contribution in [-0.4, -0.2) is 22.6 Å². The van der Waals surface area contributed by atoms with E-state index in [2.05, 4.69) is 6.58 Å². The molecule has 0 aliphatic carbocycles. The van der Waals surface area contributed by atoms with Crippen molar-refractivity contribution in [1.82, 2.24) is 4.90 Å². The number of ether oxygens (including phenoxy) is 1. The minimum Gasteiger partial charge on any atom is -0.444 e. The fourth-order valence-corrected chi connectivity index (χ4v) is 2.66. The molecule has 2 rings (SSSR count). The van der Waals surface area contributed by atoms with Crippen LogP contribution in [0.4, 0.5) is 9.18 Å². The summed E-state index contributed by atoms with van der Waals surface area (Å²) >= 11 is 0. The third-order valence-corrected chi connectivity index (χ3v) is 3.56. The topological polar surface area (TPSA) is 29.5 Å². The summed E-state index contributed by atoms with van der Waals surface area (Å²) in [5.74, 6) is -0.277. The first-order valence-corrected chi connectivity index (χ1v) is 7.21. The zero-order valence-electron chi connectivity index (χ0n) is 12.8. The predicted molar refractivity (Wildman–Crippen MR) is 80.4 cm³/mol. The first kappa shape index (κ1) is 15.5. The quantitative estimate of drug-likeness (QED) is 0.753. The summed E-state index contributed by atoms with van der Waals surface area (Å²) in [6, 6.07) is 6.15. The van der Waals surface area contributed by atoms with Gasteiger partial charge in [0.05, 0.1) is 12.1 Å². The Labute approximate surface area is 125 Å². The highest BCUT2D eigenvalue weighted by Gasteiger charge is 2.38. The van der Waals surface area contributed by atoms with E-state index in [1.807, 2.05) is 20.8 Å². The highest BCUT2D eigenvalue weighted by atomic mass is 19.1. The van der Waals surface area contributed by atoms with Crippen LogP contribution in [0.15, 0.2) is 36.9 Å². The van der Waals surface area contributed by atoms with Crippen LogP contribution in [0, 0.1) is 5.82 Å². The van der Waals surface area contributed by atoms with Gasteiger partial charge in [0.1, 0.15) is 11.4 Å². The van der Waals surface area contributed by atoms with E-state index in [4.69, 9.17) is 4.74 Å². The maximum absolute atomic E-state index is 13.1. The van der Waals surface area contributed by atoms with Gasteiger partial charge in [-0.1, -0.05) is 18.2 Å². The van der Waals surface area contributed by atoms with E-state index >= 15 is 0 Å². The second-order valence-corrected chi connectivity index (χ2v) is 6.34. The Kier molecular flexibility index (Phi) is 4.35. The maximum atomic E-state index is 13.1. The molecule has 1 saturated heterocycles. The average molecular weight is 291 g/mol. The molecule has 4 heteroatoms. The number of rotatable bonds is 2. The SMILES string of the molecule is C=C[C@@H]1CC[C@@H](c2ccc(F)cc2)N1C(=O)OC(C)(C)C. The number of carbonyl (C=O) groups excluding carboxylic acids is 1. The van der Waals surface area contributed by atoms with Crippen molar-refractivity contribution >= 4 is 6.09 Å². The van der Waals surface area contributed by atoms with Crippen LogP contribution in [0.1, 0.15) is 45.2 Å². The van der Waals surface area contributed by atoms with Gasteiger partial charge in [-0.3, -0.25) is 4.90 Å². The monoisotopic (exact) mass is 291 g/mol. The molecule has 1 amide bonds. The highest BCUT2D eigenvalue weighted by Crippen LogP contribution is 2.37. The molecular weight excluding hydrogens is 269 g/mol. The lowest BCUT2D eigenvalue weighted by molar-refractivity contribution is 0.0178. The molecule has 0 radical (unpaired) electrons. The molecule has 0 unspecified atom stereocenters. The Bertz CT molecular complexity index is 519. The largest absolute Gasteiger partial charge is 0.444 e. The first-order valence-electron chi connectivity index (χ1n) is 7.21. The van der Waals surface area contributed by atoms with Crippen molar-refractivity contribution in [2.75, 3.05) is 0 Å². The van der Waals surface area contributed by atoms with Gasteiger partial charge in [0.2, 0.25) is 0 Å². The molecule has 1 heterocycles. The van der Waals surface area contributed by atoms with Crippen LogP contribution in [-0.2, 0) is 4.74 Å². The molecule has 1 aromatic rings. The zero-order chi connectivity index (χ0) is 15.6. The Balaban J connectivity index is 2.25. The van der Waals surface area contributed by atoms with E-state index in [0.29, 0.717) is 0 Å². The minimum absolute atomic E-state index is 0.0464. The third-order valence-electron chi connectivity index (χ3n) is 3.56. The second kappa shape index (κ2) is 5.88. The lowest BCUT2D eigenvalue weighted by Crippen LogP contribution is -2.40. The second-order valence-electron chi connectivity index (χ2n) is 6.34. The lowest BCUT2D eigenvalue weighted by atomic mass is 10.0. The normalized spacial score (nSPS) is 22.2. The van der Waals surface area contributed by atoms with Crippen LogP contribution in [0.3, 0.4) is 0 Å². The fourth-order valence-electron chi connectivity index (χ4n) is 2.66. The molecule has 2 atom stereocenters. The number of benzene rings is 1. The summed E-state index contributed by atoms with van der Waals surface area (Å²) in [4.78, 5) is 14.2. The van der Waals surface area contributed by atoms with E-state index in [0.717, 1.165) is 18.4 Å². The van der Waals surface area contributed by atoms with E-state index < -0.39 is 5.60 Å². The number of hydrogen-bond acceptors (Lipinski definition) is 2. The van der Waals surface area contributed by atoms with Gasteiger partial charge in [-0.15, -0.1) is 6.58 Å². The number of hydrogen-bond donors (Lipinski definition) is 0. The average Bonchev–Trinajstić information content (AvgIpc) is 2.81. The molecule has 3 nitrogen and oxygen atoms in total. The van der Waals surface area contributed by atoms with Crippen molar-refractivity contribution in [1.29, 1.82) is 0 Å². The van der Waals surface area contributed by atoms with Crippen molar-refractivity contribution in [3.8, 4) is 0 Å². The van der Waals surface area contributed by atoms with Gasteiger partial charge in [-0.25, -0.2) is 9.18 Å². The maximum Gasteiger partial charge on any atom is 0.411 e. The van der Waals surface area contributed by atoms with Crippen molar-refractivity contribution in [2.45, 2.75) is 51.3 Å². The van der Waals surface area contributed by atoms with Crippen molar-refractivity contribution in [2.24, 2.45) is 0 Å². The molecule has 0 saturated carbocycles. The van der Waals surface area contributed by atoms with Crippen LogP contribution in [0.25, 0.3) is 0 Å². The van der Waals surface area contributed by atoms with Crippen LogP contribution >= 0.6 is 0 Å². The van der Waals surface area contributed by atoms with Crippen molar-refractivity contribution in [3.05, 3.63) is 48.3 Å². The van der Waals surface area contributed by atoms with E-state index in [-0.39, 0.29) is 24.0 Å². The number of nitrogens with zero attached hydrogens (tertiary/aromatic N) is 1. The number of carbonyl (C=O) groups is 1. The number of likely N-dealkylation sites (tertiary alicyclic amines) is 1. The molecule has 1 fully saturated rings. The van der Waals surface area contributed by atoms with Gasteiger partial charge in [0.25, 0.3) is 0 Å². The predicted octanol–water partition coefficient (Wildman–Crippen LogP) is 4.45. The van der Waals surface area contributed by atoms with Gasteiger partial charge in [0, 0.05) is 0 Å². The summed E-state index contributed by atoms with van der Waals surface area (Å²) in [7, 11) is 0. The minimum atomic E-state index is -0.543. The zero-order valence-corrected chi connectivity index (χ0v) is 12.8. The molecule has 0 spiro atoms. The van der Waals surface area contributed by atoms with Crippen LogP contribution < -0.4 is 0 Å².